The number of ether oxygens (including phenoxy) is 1. The molecule has 0 saturated heterocycles. The van der Waals surface area contributed by atoms with Crippen molar-refractivity contribution in [2.75, 3.05) is 13.2 Å². The summed E-state index contributed by atoms with van der Waals surface area (Å²) < 4.78 is 5.69. The van der Waals surface area contributed by atoms with E-state index in [9.17, 15) is 9.59 Å². The van der Waals surface area contributed by atoms with Gasteiger partial charge in [0, 0.05) is 13.1 Å². The van der Waals surface area contributed by atoms with E-state index in [0.717, 1.165) is 5.56 Å². The molecule has 0 unspecified atom stereocenters. The van der Waals surface area contributed by atoms with E-state index in [2.05, 4.69) is 19.2 Å². The van der Waals surface area contributed by atoms with Gasteiger partial charge in [-0.25, -0.2) is 0 Å². The lowest BCUT2D eigenvalue weighted by Gasteiger charge is -2.28. The van der Waals surface area contributed by atoms with E-state index in [4.69, 9.17) is 4.74 Å². The van der Waals surface area contributed by atoms with E-state index in [1.54, 1.807) is 11.8 Å². The molecule has 1 N–H and O–H groups in total. The molecule has 0 saturated carbocycles. The zero-order valence-corrected chi connectivity index (χ0v) is 17.1. The van der Waals surface area contributed by atoms with Gasteiger partial charge in [-0.3, -0.25) is 9.59 Å². The molecule has 0 bridgehead atoms. The third-order valence-electron chi connectivity index (χ3n) is 4.62. The van der Waals surface area contributed by atoms with Crippen LogP contribution in [0.3, 0.4) is 0 Å². The normalized spacial score (nSPS) is 11.8. The first-order chi connectivity index (χ1) is 13.4. The van der Waals surface area contributed by atoms with Crippen molar-refractivity contribution < 1.29 is 14.3 Å². The first kappa shape index (κ1) is 21.5. The number of carbonyl (C=O) groups is 2. The van der Waals surface area contributed by atoms with Crippen LogP contribution in [0.1, 0.15) is 44.7 Å². The summed E-state index contributed by atoms with van der Waals surface area (Å²) in [6, 6.07) is 16.8. The molecule has 0 radical (unpaired) electrons. The minimum atomic E-state index is -0.584. The monoisotopic (exact) mass is 382 g/mol. The van der Waals surface area contributed by atoms with Gasteiger partial charge < -0.3 is 15.0 Å². The molecule has 0 fully saturated rings. The Bertz CT molecular complexity index is 757. The Morgan fingerprint density at radius 3 is 2.21 bits per heavy atom. The Balaban J connectivity index is 2.07. The second-order valence-corrected chi connectivity index (χ2v) is 7.09. The quantitative estimate of drug-likeness (QED) is 0.719. The Morgan fingerprint density at radius 2 is 1.64 bits per heavy atom. The predicted molar refractivity (Wildman–Crippen MR) is 111 cm³/mol. The largest absolute Gasteiger partial charge is 0.484 e. The number of hydrogen-bond acceptors (Lipinski definition) is 3. The first-order valence-electron chi connectivity index (χ1n) is 9.76. The highest BCUT2D eigenvalue weighted by atomic mass is 16.5. The summed E-state index contributed by atoms with van der Waals surface area (Å²) in [6.07, 6.45) is 0. The molecule has 0 aliphatic rings. The van der Waals surface area contributed by atoms with E-state index < -0.39 is 6.04 Å². The number of nitrogens with one attached hydrogen (secondary N) is 1. The fourth-order valence-electron chi connectivity index (χ4n) is 2.86. The van der Waals surface area contributed by atoms with Gasteiger partial charge in [-0.2, -0.15) is 0 Å². The molecule has 5 heteroatoms. The molecule has 0 spiro atoms. The summed E-state index contributed by atoms with van der Waals surface area (Å²) in [5.74, 6) is 0.682. The van der Waals surface area contributed by atoms with E-state index in [1.165, 1.54) is 5.56 Å². The minimum Gasteiger partial charge on any atom is -0.484 e. The third-order valence-corrected chi connectivity index (χ3v) is 4.62. The SMILES string of the molecule is CCNC(=O)[C@H](C)N(Cc1ccccc1)C(=O)COc1ccc(C(C)C)cc1. The topological polar surface area (TPSA) is 58.6 Å². The molecular formula is C23H30N2O3. The molecule has 1 atom stereocenters. The van der Waals surface area contributed by atoms with Gasteiger partial charge in [0.25, 0.3) is 5.91 Å². The van der Waals surface area contributed by atoms with Crippen molar-refractivity contribution in [3.63, 3.8) is 0 Å². The van der Waals surface area contributed by atoms with E-state index >= 15 is 0 Å². The summed E-state index contributed by atoms with van der Waals surface area (Å²) >= 11 is 0. The molecule has 28 heavy (non-hydrogen) atoms. The zero-order valence-electron chi connectivity index (χ0n) is 17.1. The lowest BCUT2D eigenvalue weighted by atomic mass is 10.0. The Labute approximate surface area is 167 Å². The lowest BCUT2D eigenvalue weighted by molar-refractivity contribution is -0.142. The number of hydrogen-bond donors (Lipinski definition) is 1. The maximum absolute atomic E-state index is 12.9. The highest BCUT2D eigenvalue weighted by Crippen LogP contribution is 2.19. The van der Waals surface area contributed by atoms with Gasteiger partial charge in [0.15, 0.2) is 6.61 Å². The second kappa shape index (κ2) is 10.5. The van der Waals surface area contributed by atoms with Crippen LogP contribution < -0.4 is 10.1 Å². The van der Waals surface area contributed by atoms with Crippen molar-refractivity contribution in [3.05, 3.63) is 65.7 Å². The summed E-state index contributed by atoms with van der Waals surface area (Å²) in [7, 11) is 0. The number of likely N-dealkylation sites (N-methyl/N-ethyl adjacent to an activating group) is 1. The molecule has 0 heterocycles. The van der Waals surface area contributed by atoms with E-state index in [-0.39, 0.29) is 18.4 Å². The number of rotatable bonds is 9. The Hall–Kier alpha value is -2.82. The Kier molecular flexibility index (Phi) is 8.05. The van der Waals surface area contributed by atoms with Gasteiger partial charge in [0.05, 0.1) is 0 Å². The van der Waals surface area contributed by atoms with E-state index in [0.29, 0.717) is 24.8 Å². The van der Waals surface area contributed by atoms with Crippen LogP contribution in [0.5, 0.6) is 5.75 Å². The number of nitrogens with zero attached hydrogens (tertiary/aromatic N) is 1. The molecule has 0 aliphatic heterocycles. The highest BCUT2D eigenvalue weighted by Gasteiger charge is 2.26. The highest BCUT2D eigenvalue weighted by molar-refractivity contribution is 5.87. The maximum atomic E-state index is 12.9. The summed E-state index contributed by atoms with van der Waals surface area (Å²) in [4.78, 5) is 26.7. The average molecular weight is 383 g/mol. The van der Waals surface area contributed by atoms with Crippen molar-refractivity contribution in [3.8, 4) is 5.75 Å². The smallest absolute Gasteiger partial charge is 0.261 e. The van der Waals surface area contributed by atoms with Gasteiger partial charge in [-0.1, -0.05) is 56.3 Å². The molecule has 2 aromatic carbocycles. The van der Waals surface area contributed by atoms with E-state index in [1.807, 2.05) is 61.5 Å². The van der Waals surface area contributed by atoms with Crippen LogP contribution in [0.15, 0.2) is 54.6 Å². The molecule has 5 nitrogen and oxygen atoms in total. The molecule has 2 aromatic rings. The molecule has 2 amide bonds. The van der Waals surface area contributed by atoms with Gasteiger partial charge >= 0.3 is 0 Å². The standard InChI is InChI=1S/C23H30N2O3/c1-5-24-23(27)18(4)25(15-19-9-7-6-8-10-19)22(26)16-28-21-13-11-20(12-14-21)17(2)3/h6-14,17-18H,5,15-16H2,1-4H3,(H,24,27)/t18-/m0/s1. The minimum absolute atomic E-state index is 0.113. The fraction of sp³-hybridized carbons (Fsp3) is 0.391. The van der Waals surface area contributed by atoms with Gasteiger partial charge in [-0.15, -0.1) is 0 Å². The van der Waals surface area contributed by atoms with Crippen LogP contribution in [0.2, 0.25) is 0 Å². The van der Waals surface area contributed by atoms with Crippen molar-refractivity contribution in [2.45, 2.75) is 46.2 Å². The van der Waals surface area contributed by atoms with Crippen LogP contribution in [0.4, 0.5) is 0 Å². The van der Waals surface area contributed by atoms with Gasteiger partial charge in [0.2, 0.25) is 5.91 Å². The Morgan fingerprint density at radius 1 is 1.00 bits per heavy atom. The zero-order chi connectivity index (χ0) is 20.5. The van der Waals surface area contributed by atoms with Crippen molar-refractivity contribution in [1.29, 1.82) is 0 Å². The van der Waals surface area contributed by atoms with Gasteiger partial charge in [0.1, 0.15) is 11.8 Å². The number of amides is 2. The van der Waals surface area contributed by atoms with Crippen LogP contribution in [0, 0.1) is 0 Å². The maximum Gasteiger partial charge on any atom is 0.261 e. The molecule has 150 valence electrons. The number of carbonyl (C=O) groups excluding carboxylic acids is 2. The summed E-state index contributed by atoms with van der Waals surface area (Å²) in [6.45, 7) is 8.62. The molecule has 0 aliphatic carbocycles. The number of benzene rings is 2. The predicted octanol–water partition coefficient (Wildman–Crippen LogP) is 3.74. The average Bonchev–Trinajstić information content (AvgIpc) is 2.71. The fourth-order valence-corrected chi connectivity index (χ4v) is 2.86. The van der Waals surface area contributed by atoms with Crippen LogP contribution in [-0.4, -0.2) is 35.9 Å². The second-order valence-electron chi connectivity index (χ2n) is 7.09. The van der Waals surface area contributed by atoms with Crippen molar-refractivity contribution >= 4 is 11.8 Å². The van der Waals surface area contributed by atoms with Crippen LogP contribution in [0.25, 0.3) is 0 Å². The summed E-state index contributed by atoms with van der Waals surface area (Å²) in [5, 5.41) is 2.78. The molecular weight excluding hydrogens is 352 g/mol. The van der Waals surface area contributed by atoms with Crippen LogP contribution >= 0.6 is 0 Å². The third kappa shape index (κ3) is 6.12. The van der Waals surface area contributed by atoms with Crippen molar-refractivity contribution in [1.82, 2.24) is 10.2 Å². The van der Waals surface area contributed by atoms with Crippen molar-refractivity contribution in [2.24, 2.45) is 0 Å². The molecule has 0 aromatic heterocycles. The first-order valence-corrected chi connectivity index (χ1v) is 9.76. The molecule has 2 rings (SSSR count). The lowest BCUT2D eigenvalue weighted by Crippen LogP contribution is -2.49. The van der Waals surface area contributed by atoms with Crippen LogP contribution in [-0.2, 0) is 16.1 Å². The summed E-state index contributed by atoms with van der Waals surface area (Å²) in [5.41, 5.74) is 2.18. The van der Waals surface area contributed by atoms with Gasteiger partial charge in [-0.05, 0) is 43.0 Å².